The molecular formula is C14H17N5. The number of rotatable bonds is 3. The summed E-state index contributed by atoms with van der Waals surface area (Å²) in [6, 6.07) is 11.8. The van der Waals surface area contributed by atoms with Crippen molar-refractivity contribution in [1.29, 1.82) is 0 Å². The summed E-state index contributed by atoms with van der Waals surface area (Å²) in [6.07, 6.45) is 1.66. The Balaban J connectivity index is 2.07. The quantitative estimate of drug-likeness (QED) is 0.577. The summed E-state index contributed by atoms with van der Waals surface area (Å²) in [5.41, 5.74) is 14.4. The first-order valence-corrected chi connectivity index (χ1v) is 5.99. The Kier molecular flexibility index (Phi) is 3.97. The van der Waals surface area contributed by atoms with E-state index in [0.29, 0.717) is 24.0 Å². The van der Waals surface area contributed by atoms with Crippen molar-refractivity contribution in [2.24, 2.45) is 10.7 Å². The SMILES string of the molecule is Cc1ccnc(N)c1NC(N)=NCc1ccccc1. The van der Waals surface area contributed by atoms with Gasteiger partial charge in [-0.1, -0.05) is 30.3 Å². The lowest BCUT2D eigenvalue weighted by Gasteiger charge is -2.10. The number of hydrogen-bond acceptors (Lipinski definition) is 3. The monoisotopic (exact) mass is 255 g/mol. The van der Waals surface area contributed by atoms with E-state index in [1.165, 1.54) is 0 Å². The Morgan fingerprint density at radius 1 is 1.26 bits per heavy atom. The molecule has 0 aliphatic heterocycles. The zero-order valence-electron chi connectivity index (χ0n) is 10.8. The van der Waals surface area contributed by atoms with Crippen LogP contribution in [0.15, 0.2) is 47.6 Å². The van der Waals surface area contributed by atoms with Crippen LogP contribution in [0.4, 0.5) is 11.5 Å². The van der Waals surface area contributed by atoms with E-state index < -0.39 is 0 Å². The molecule has 98 valence electrons. The third-order valence-corrected chi connectivity index (χ3v) is 2.72. The number of aliphatic imine (C=N–C) groups is 1. The van der Waals surface area contributed by atoms with E-state index in [9.17, 15) is 0 Å². The molecule has 0 saturated heterocycles. The van der Waals surface area contributed by atoms with E-state index in [-0.39, 0.29) is 0 Å². The largest absolute Gasteiger partial charge is 0.382 e. The molecule has 0 radical (unpaired) electrons. The number of aromatic nitrogens is 1. The van der Waals surface area contributed by atoms with Gasteiger partial charge in [-0.15, -0.1) is 0 Å². The maximum atomic E-state index is 5.85. The van der Waals surface area contributed by atoms with Crippen molar-refractivity contribution in [2.75, 3.05) is 11.1 Å². The molecule has 19 heavy (non-hydrogen) atoms. The van der Waals surface area contributed by atoms with Gasteiger partial charge >= 0.3 is 0 Å². The summed E-state index contributed by atoms with van der Waals surface area (Å²) in [5, 5.41) is 2.99. The number of hydrogen-bond donors (Lipinski definition) is 3. The number of guanidine groups is 1. The van der Waals surface area contributed by atoms with Gasteiger partial charge in [0, 0.05) is 6.20 Å². The summed E-state index contributed by atoms with van der Waals surface area (Å²) < 4.78 is 0. The van der Waals surface area contributed by atoms with E-state index in [4.69, 9.17) is 11.5 Å². The molecule has 2 aromatic rings. The van der Waals surface area contributed by atoms with Crippen LogP contribution in [0.25, 0.3) is 0 Å². The number of nitrogens with zero attached hydrogens (tertiary/aromatic N) is 2. The molecular weight excluding hydrogens is 238 g/mol. The van der Waals surface area contributed by atoms with Crippen LogP contribution in [0.5, 0.6) is 0 Å². The van der Waals surface area contributed by atoms with Crippen molar-refractivity contribution in [3.8, 4) is 0 Å². The number of anilines is 2. The van der Waals surface area contributed by atoms with E-state index >= 15 is 0 Å². The Morgan fingerprint density at radius 2 is 2.00 bits per heavy atom. The van der Waals surface area contributed by atoms with Gasteiger partial charge in [-0.2, -0.15) is 0 Å². The Bertz CT molecular complexity index is 557. The highest BCUT2D eigenvalue weighted by atomic mass is 15.1. The van der Waals surface area contributed by atoms with Crippen LogP contribution in [0.1, 0.15) is 11.1 Å². The molecule has 0 bridgehead atoms. The van der Waals surface area contributed by atoms with Gasteiger partial charge in [0.15, 0.2) is 5.96 Å². The molecule has 0 aliphatic rings. The van der Waals surface area contributed by atoms with Crippen molar-refractivity contribution in [3.05, 3.63) is 53.7 Å². The lowest BCUT2D eigenvalue weighted by atomic mass is 10.2. The molecule has 5 heteroatoms. The van der Waals surface area contributed by atoms with E-state index in [1.54, 1.807) is 6.20 Å². The Hall–Kier alpha value is -2.56. The average Bonchev–Trinajstić information content (AvgIpc) is 2.42. The predicted molar refractivity (Wildman–Crippen MR) is 78.8 cm³/mol. The maximum Gasteiger partial charge on any atom is 0.193 e. The molecule has 0 atom stereocenters. The molecule has 1 aromatic heterocycles. The lowest BCUT2D eigenvalue weighted by molar-refractivity contribution is 1.06. The molecule has 0 fully saturated rings. The highest BCUT2D eigenvalue weighted by Gasteiger charge is 2.04. The van der Waals surface area contributed by atoms with Crippen molar-refractivity contribution in [2.45, 2.75) is 13.5 Å². The molecule has 1 heterocycles. The fourth-order valence-electron chi connectivity index (χ4n) is 1.67. The third kappa shape index (κ3) is 3.45. The summed E-state index contributed by atoms with van der Waals surface area (Å²) in [4.78, 5) is 8.29. The fourth-order valence-corrected chi connectivity index (χ4v) is 1.67. The zero-order chi connectivity index (χ0) is 13.7. The smallest absolute Gasteiger partial charge is 0.193 e. The van der Waals surface area contributed by atoms with Crippen LogP contribution in [-0.4, -0.2) is 10.9 Å². The molecule has 0 aliphatic carbocycles. The molecule has 2 rings (SSSR count). The maximum absolute atomic E-state index is 5.85. The first-order chi connectivity index (χ1) is 9.16. The normalized spacial score (nSPS) is 11.3. The highest BCUT2D eigenvalue weighted by molar-refractivity contribution is 5.95. The van der Waals surface area contributed by atoms with Gasteiger partial charge in [0.2, 0.25) is 0 Å². The van der Waals surface area contributed by atoms with Crippen LogP contribution >= 0.6 is 0 Å². The first kappa shape index (κ1) is 12.9. The van der Waals surface area contributed by atoms with Crippen molar-refractivity contribution in [3.63, 3.8) is 0 Å². The lowest BCUT2D eigenvalue weighted by Crippen LogP contribution is -2.24. The number of nitrogens with one attached hydrogen (secondary N) is 1. The standard InChI is InChI=1S/C14H17N5/c1-10-7-8-17-13(15)12(10)19-14(16)18-9-11-5-3-2-4-6-11/h2-8H,9H2,1H3,(H2,15,17)(H3,16,18,19). The van der Waals surface area contributed by atoms with E-state index in [0.717, 1.165) is 11.1 Å². The van der Waals surface area contributed by atoms with E-state index in [2.05, 4.69) is 15.3 Å². The van der Waals surface area contributed by atoms with Crippen LogP contribution in [0.3, 0.4) is 0 Å². The van der Waals surface area contributed by atoms with Crippen molar-refractivity contribution < 1.29 is 0 Å². The van der Waals surface area contributed by atoms with Gasteiger partial charge in [0.1, 0.15) is 5.82 Å². The van der Waals surface area contributed by atoms with Gasteiger partial charge in [0.25, 0.3) is 0 Å². The number of nitrogens with two attached hydrogens (primary N) is 2. The summed E-state index contributed by atoms with van der Waals surface area (Å²) in [7, 11) is 0. The topological polar surface area (TPSA) is 89.3 Å². The second kappa shape index (κ2) is 5.86. The molecule has 0 saturated carbocycles. The van der Waals surface area contributed by atoms with Gasteiger partial charge < -0.3 is 16.8 Å². The van der Waals surface area contributed by atoms with Crippen LogP contribution in [0, 0.1) is 6.92 Å². The minimum absolute atomic E-state index is 0.326. The Morgan fingerprint density at radius 3 is 2.68 bits per heavy atom. The minimum atomic E-state index is 0.326. The van der Waals surface area contributed by atoms with Crippen molar-refractivity contribution in [1.82, 2.24) is 4.98 Å². The second-order valence-electron chi connectivity index (χ2n) is 4.20. The fraction of sp³-hybridized carbons (Fsp3) is 0.143. The molecule has 5 nitrogen and oxygen atoms in total. The van der Waals surface area contributed by atoms with Gasteiger partial charge in [-0.05, 0) is 24.1 Å². The van der Waals surface area contributed by atoms with Crippen LogP contribution < -0.4 is 16.8 Å². The predicted octanol–water partition coefficient (Wildman–Crippen LogP) is 1.90. The highest BCUT2D eigenvalue weighted by Crippen LogP contribution is 2.19. The zero-order valence-corrected chi connectivity index (χ0v) is 10.8. The summed E-state index contributed by atoms with van der Waals surface area (Å²) in [6.45, 7) is 2.46. The van der Waals surface area contributed by atoms with Gasteiger partial charge in [-0.3, -0.25) is 0 Å². The number of nitrogen functional groups attached to an aromatic ring is 1. The minimum Gasteiger partial charge on any atom is -0.382 e. The summed E-state index contributed by atoms with van der Waals surface area (Å²) in [5.74, 6) is 0.740. The average molecular weight is 255 g/mol. The van der Waals surface area contributed by atoms with Gasteiger partial charge in [0.05, 0.1) is 12.2 Å². The van der Waals surface area contributed by atoms with E-state index in [1.807, 2.05) is 43.3 Å². The molecule has 5 N–H and O–H groups in total. The summed E-state index contributed by atoms with van der Waals surface area (Å²) >= 11 is 0. The molecule has 0 unspecified atom stereocenters. The van der Waals surface area contributed by atoms with Gasteiger partial charge in [-0.25, -0.2) is 9.98 Å². The molecule has 0 amide bonds. The van der Waals surface area contributed by atoms with Crippen molar-refractivity contribution >= 4 is 17.5 Å². The van der Waals surface area contributed by atoms with Crippen LogP contribution in [0.2, 0.25) is 0 Å². The molecule has 0 spiro atoms. The molecule has 1 aromatic carbocycles. The number of aryl methyl sites for hydroxylation is 1. The third-order valence-electron chi connectivity index (χ3n) is 2.72. The number of benzene rings is 1. The second-order valence-corrected chi connectivity index (χ2v) is 4.20. The Labute approximate surface area is 112 Å². The first-order valence-electron chi connectivity index (χ1n) is 5.99. The van der Waals surface area contributed by atoms with Crippen LogP contribution in [-0.2, 0) is 6.54 Å². The number of pyridine rings is 1.